The highest BCUT2D eigenvalue weighted by Gasteiger charge is 2.10. The molecule has 1 aromatic heterocycles. The fraction of sp³-hybridized carbons (Fsp3) is 0.150. The Kier molecular flexibility index (Phi) is 4.84. The van der Waals surface area contributed by atoms with Crippen molar-refractivity contribution in [3.63, 3.8) is 0 Å². The molecule has 0 unspecified atom stereocenters. The van der Waals surface area contributed by atoms with Gasteiger partial charge >= 0.3 is 0 Å². The number of aryl methyl sites for hydroxylation is 1. The van der Waals surface area contributed by atoms with E-state index in [-0.39, 0.29) is 10.6 Å². The Hall–Kier alpha value is -3.41. The zero-order chi connectivity index (χ0) is 18.7. The standard InChI is InChI=1S/C20H20N4O2/c1-15-6-7-16(13-20(15)24(25)26)21-14-19-5-4-12-23(19)18-10-8-17(9-11-18)22(2)3/h4-14H,1-3H3. The van der Waals surface area contributed by atoms with Crippen LogP contribution in [0.15, 0.2) is 65.8 Å². The van der Waals surface area contributed by atoms with Gasteiger partial charge in [-0.2, -0.15) is 0 Å². The van der Waals surface area contributed by atoms with E-state index in [1.54, 1.807) is 25.3 Å². The molecule has 3 rings (SSSR count). The van der Waals surface area contributed by atoms with Gasteiger partial charge in [0.25, 0.3) is 5.69 Å². The van der Waals surface area contributed by atoms with Crippen molar-refractivity contribution in [2.75, 3.05) is 19.0 Å². The topological polar surface area (TPSA) is 63.7 Å². The minimum absolute atomic E-state index is 0.0781. The summed E-state index contributed by atoms with van der Waals surface area (Å²) in [6, 6.07) is 17.1. The lowest BCUT2D eigenvalue weighted by Crippen LogP contribution is -2.08. The second kappa shape index (κ2) is 7.23. The third-order valence-electron chi connectivity index (χ3n) is 4.16. The van der Waals surface area contributed by atoms with E-state index in [4.69, 9.17) is 0 Å². The molecule has 0 radical (unpaired) electrons. The lowest BCUT2D eigenvalue weighted by Gasteiger charge is -2.13. The Morgan fingerprint density at radius 3 is 2.50 bits per heavy atom. The minimum atomic E-state index is -0.386. The highest BCUT2D eigenvalue weighted by molar-refractivity contribution is 5.81. The zero-order valence-electron chi connectivity index (χ0n) is 15.0. The van der Waals surface area contributed by atoms with Gasteiger partial charge < -0.3 is 9.47 Å². The number of nitrogens with zero attached hydrogens (tertiary/aromatic N) is 4. The number of rotatable bonds is 5. The highest BCUT2D eigenvalue weighted by Crippen LogP contribution is 2.24. The smallest absolute Gasteiger partial charge is 0.274 e. The second-order valence-electron chi connectivity index (χ2n) is 6.20. The van der Waals surface area contributed by atoms with Gasteiger partial charge in [0.15, 0.2) is 0 Å². The van der Waals surface area contributed by atoms with Gasteiger partial charge in [-0.1, -0.05) is 6.07 Å². The SMILES string of the molecule is Cc1ccc(N=Cc2cccn2-c2ccc(N(C)C)cc2)cc1[N+](=O)[O-]. The summed E-state index contributed by atoms with van der Waals surface area (Å²) in [5, 5.41) is 11.1. The summed E-state index contributed by atoms with van der Waals surface area (Å²) in [6.07, 6.45) is 3.68. The van der Waals surface area contributed by atoms with Crippen LogP contribution in [0.4, 0.5) is 17.1 Å². The molecular weight excluding hydrogens is 328 g/mol. The molecule has 3 aromatic rings. The third-order valence-corrected chi connectivity index (χ3v) is 4.16. The van der Waals surface area contributed by atoms with E-state index >= 15 is 0 Å². The maximum absolute atomic E-state index is 11.1. The van der Waals surface area contributed by atoms with Gasteiger partial charge in [-0.05, 0) is 49.4 Å². The number of hydrogen-bond donors (Lipinski definition) is 0. The summed E-state index contributed by atoms with van der Waals surface area (Å²) < 4.78 is 2.02. The summed E-state index contributed by atoms with van der Waals surface area (Å²) in [5.41, 5.74) is 4.30. The molecule has 0 N–H and O–H groups in total. The third kappa shape index (κ3) is 3.64. The van der Waals surface area contributed by atoms with Gasteiger partial charge in [0, 0.05) is 43.3 Å². The summed E-state index contributed by atoms with van der Waals surface area (Å²) in [7, 11) is 4.01. The van der Waals surface area contributed by atoms with E-state index < -0.39 is 0 Å². The number of nitro benzene ring substituents is 1. The predicted octanol–water partition coefficient (Wildman–Crippen LogP) is 4.51. The van der Waals surface area contributed by atoms with Crippen LogP contribution in [0.2, 0.25) is 0 Å². The molecule has 0 aliphatic carbocycles. The first-order valence-electron chi connectivity index (χ1n) is 8.20. The van der Waals surface area contributed by atoms with E-state index in [2.05, 4.69) is 17.1 Å². The minimum Gasteiger partial charge on any atom is -0.378 e. The molecule has 1 heterocycles. The van der Waals surface area contributed by atoms with Crippen LogP contribution < -0.4 is 4.90 Å². The fourth-order valence-electron chi connectivity index (χ4n) is 2.66. The van der Waals surface area contributed by atoms with Crippen molar-refractivity contribution in [2.45, 2.75) is 6.92 Å². The average Bonchev–Trinajstić information content (AvgIpc) is 3.09. The van der Waals surface area contributed by atoms with Crippen LogP contribution in [0.3, 0.4) is 0 Å². The van der Waals surface area contributed by atoms with Crippen LogP contribution in [-0.4, -0.2) is 29.8 Å². The number of benzene rings is 2. The quantitative estimate of drug-likeness (QED) is 0.387. The van der Waals surface area contributed by atoms with E-state index in [1.807, 2.05) is 54.0 Å². The Morgan fingerprint density at radius 2 is 1.85 bits per heavy atom. The number of nitro groups is 1. The molecule has 0 amide bonds. The maximum atomic E-state index is 11.1. The molecule has 132 valence electrons. The number of aromatic nitrogens is 1. The summed E-state index contributed by atoms with van der Waals surface area (Å²) in [6.45, 7) is 1.72. The first-order chi connectivity index (χ1) is 12.5. The Bertz CT molecular complexity index is 956. The van der Waals surface area contributed by atoms with E-state index in [0.29, 0.717) is 11.3 Å². The summed E-state index contributed by atoms with van der Waals surface area (Å²) >= 11 is 0. The first-order valence-corrected chi connectivity index (χ1v) is 8.20. The molecule has 0 bridgehead atoms. The summed E-state index contributed by atoms with van der Waals surface area (Å²) in [5.74, 6) is 0. The Labute approximate surface area is 152 Å². The van der Waals surface area contributed by atoms with E-state index in [9.17, 15) is 10.1 Å². The van der Waals surface area contributed by atoms with Gasteiger partial charge in [-0.25, -0.2) is 0 Å². The average molecular weight is 348 g/mol. The molecule has 26 heavy (non-hydrogen) atoms. The first kappa shape index (κ1) is 17.4. The molecular formula is C20H20N4O2. The predicted molar refractivity (Wildman–Crippen MR) is 105 cm³/mol. The van der Waals surface area contributed by atoms with Crippen LogP contribution in [0.1, 0.15) is 11.3 Å². The van der Waals surface area contributed by atoms with Gasteiger partial charge in [0.2, 0.25) is 0 Å². The van der Waals surface area contributed by atoms with Crippen molar-refractivity contribution in [2.24, 2.45) is 4.99 Å². The van der Waals surface area contributed by atoms with Crippen molar-refractivity contribution in [1.82, 2.24) is 4.57 Å². The Balaban J connectivity index is 1.88. The monoisotopic (exact) mass is 348 g/mol. The van der Waals surface area contributed by atoms with Crippen molar-refractivity contribution in [1.29, 1.82) is 0 Å². The highest BCUT2D eigenvalue weighted by atomic mass is 16.6. The normalized spacial score (nSPS) is 11.0. The van der Waals surface area contributed by atoms with Gasteiger partial charge in [-0.3, -0.25) is 15.1 Å². The second-order valence-corrected chi connectivity index (χ2v) is 6.20. The largest absolute Gasteiger partial charge is 0.378 e. The molecule has 0 fully saturated rings. The Morgan fingerprint density at radius 1 is 1.12 bits per heavy atom. The lowest BCUT2D eigenvalue weighted by molar-refractivity contribution is -0.385. The molecule has 0 saturated heterocycles. The fourth-order valence-corrected chi connectivity index (χ4v) is 2.66. The van der Waals surface area contributed by atoms with Crippen molar-refractivity contribution < 1.29 is 4.92 Å². The molecule has 0 saturated carbocycles. The van der Waals surface area contributed by atoms with Crippen LogP contribution in [0.25, 0.3) is 5.69 Å². The number of aliphatic imine (C=N–C) groups is 1. The van der Waals surface area contributed by atoms with Crippen LogP contribution in [0.5, 0.6) is 0 Å². The molecule has 2 aromatic carbocycles. The number of anilines is 1. The van der Waals surface area contributed by atoms with Crippen molar-refractivity contribution in [3.8, 4) is 5.69 Å². The summed E-state index contributed by atoms with van der Waals surface area (Å²) in [4.78, 5) is 17.1. The van der Waals surface area contributed by atoms with Crippen LogP contribution in [0, 0.1) is 17.0 Å². The number of hydrogen-bond acceptors (Lipinski definition) is 4. The molecule has 0 aliphatic heterocycles. The van der Waals surface area contributed by atoms with Crippen LogP contribution >= 0.6 is 0 Å². The van der Waals surface area contributed by atoms with Gasteiger partial charge in [0.1, 0.15) is 0 Å². The zero-order valence-corrected chi connectivity index (χ0v) is 15.0. The molecule has 6 nitrogen and oxygen atoms in total. The van der Waals surface area contributed by atoms with Gasteiger partial charge in [0.05, 0.1) is 22.5 Å². The van der Waals surface area contributed by atoms with Crippen molar-refractivity contribution in [3.05, 3.63) is 82.2 Å². The molecule has 0 atom stereocenters. The lowest BCUT2D eigenvalue weighted by atomic mass is 10.2. The molecule has 0 aliphatic rings. The van der Waals surface area contributed by atoms with Gasteiger partial charge in [-0.15, -0.1) is 0 Å². The van der Waals surface area contributed by atoms with E-state index in [0.717, 1.165) is 17.1 Å². The van der Waals surface area contributed by atoms with Crippen molar-refractivity contribution >= 4 is 23.3 Å². The molecule has 0 spiro atoms. The molecule has 6 heteroatoms. The van der Waals surface area contributed by atoms with Crippen LogP contribution in [-0.2, 0) is 0 Å². The van der Waals surface area contributed by atoms with E-state index in [1.165, 1.54) is 6.07 Å². The maximum Gasteiger partial charge on any atom is 0.274 e.